The Hall–Kier alpha value is -3.41. The van der Waals surface area contributed by atoms with Crippen molar-refractivity contribution in [2.75, 3.05) is 12.3 Å². The number of halogens is 3. The van der Waals surface area contributed by atoms with Gasteiger partial charge in [-0.2, -0.15) is 18.3 Å². The normalized spacial score (nSPS) is 17.2. The van der Waals surface area contributed by atoms with E-state index in [-0.39, 0.29) is 54.1 Å². The van der Waals surface area contributed by atoms with E-state index in [1.165, 1.54) is 31.0 Å². The standard InChI is InChI=1S/C17H17F3N4O2.C7H13NO2/c1-16(2)6-11-13(12(25)7-16)14(17(18,19)20)23-24(11)8-3-4-9(15(22)26)10(21)5-8;8-5-7(9)10-6-3-1-2-4-6/h3-5H,6-7,21H2,1-2H3,(H2,22,26);6H,1-5,8H2. The van der Waals surface area contributed by atoms with Crippen molar-refractivity contribution in [1.82, 2.24) is 9.78 Å². The summed E-state index contributed by atoms with van der Waals surface area (Å²) in [6.45, 7) is 3.63. The SMILES string of the molecule is CC1(C)CC(=O)c2c(C(F)(F)F)nn(-c3ccc(C(N)=O)c(N)c3)c2C1.NCC(=O)OC1CCCC1. The van der Waals surface area contributed by atoms with Crippen LogP contribution < -0.4 is 17.2 Å². The van der Waals surface area contributed by atoms with Crippen molar-refractivity contribution in [3.05, 3.63) is 40.7 Å². The fourth-order valence-electron chi connectivity index (χ4n) is 4.51. The lowest BCUT2D eigenvalue weighted by atomic mass is 9.75. The second-order valence-corrected chi connectivity index (χ2v) is 9.76. The van der Waals surface area contributed by atoms with Crippen molar-refractivity contribution in [2.24, 2.45) is 16.9 Å². The lowest BCUT2D eigenvalue weighted by molar-refractivity contribution is -0.147. The van der Waals surface area contributed by atoms with Crippen LogP contribution in [0.4, 0.5) is 18.9 Å². The van der Waals surface area contributed by atoms with Crippen LogP contribution in [0.25, 0.3) is 5.69 Å². The number of primary amides is 1. The van der Waals surface area contributed by atoms with Crippen molar-refractivity contribution in [3.63, 3.8) is 0 Å². The molecule has 0 unspecified atom stereocenters. The highest BCUT2D eigenvalue weighted by Crippen LogP contribution is 2.41. The summed E-state index contributed by atoms with van der Waals surface area (Å²) in [5.74, 6) is -1.60. The van der Waals surface area contributed by atoms with E-state index in [1.807, 2.05) is 13.8 Å². The Kier molecular flexibility index (Phi) is 7.77. The molecule has 196 valence electrons. The van der Waals surface area contributed by atoms with Crippen LogP contribution in [0.15, 0.2) is 18.2 Å². The molecule has 0 saturated heterocycles. The van der Waals surface area contributed by atoms with Gasteiger partial charge in [-0.05, 0) is 55.7 Å². The zero-order chi connectivity index (χ0) is 26.8. The molecule has 0 bridgehead atoms. The number of fused-ring (bicyclic) bond motifs is 1. The quantitative estimate of drug-likeness (QED) is 0.422. The predicted molar refractivity (Wildman–Crippen MR) is 125 cm³/mol. The van der Waals surface area contributed by atoms with Crippen molar-refractivity contribution in [2.45, 2.75) is 64.7 Å². The molecule has 0 atom stereocenters. The molecule has 1 fully saturated rings. The summed E-state index contributed by atoms with van der Waals surface area (Å²) < 4.78 is 46.3. The van der Waals surface area contributed by atoms with Gasteiger partial charge in [0.05, 0.1) is 29.1 Å². The van der Waals surface area contributed by atoms with Crippen LogP contribution in [0.3, 0.4) is 0 Å². The Balaban J connectivity index is 0.000000303. The van der Waals surface area contributed by atoms with E-state index in [9.17, 15) is 27.6 Å². The monoisotopic (exact) mass is 509 g/mol. The summed E-state index contributed by atoms with van der Waals surface area (Å²) in [5.41, 5.74) is 14.4. The maximum atomic E-state index is 13.4. The number of alkyl halides is 3. The van der Waals surface area contributed by atoms with Crippen LogP contribution >= 0.6 is 0 Å². The number of aromatic nitrogens is 2. The number of anilines is 1. The Morgan fingerprint density at radius 2 is 1.83 bits per heavy atom. The van der Waals surface area contributed by atoms with E-state index < -0.39 is 34.5 Å². The molecule has 9 nitrogen and oxygen atoms in total. The van der Waals surface area contributed by atoms with Crippen LogP contribution in [-0.2, 0) is 22.1 Å². The molecule has 4 rings (SSSR count). The highest BCUT2D eigenvalue weighted by Gasteiger charge is 2.45. The fraction of sp³-hybridized carbons (Fsp3) is 0.500. The van der Waals surface area contributed by atoms with Crippen LogP contribution in [0, 0.1) is 5.41 Å². The first-order valence-corrected chi connectivity index (χ1v) is 11.5. The third-order valence-electron chi connectivity index (χ3n) is 6.13. The van der Waals surface area contributed by atoms with Gasteiger partial charge in [0.2, 0.25) is 0 Å². The van der Waals surface area contributed by atoms with Crippen molar-refractivity contribution < 1.29 is 32.3 Å². The smallest absolute Gasteiger partial charge is 0.435 e. The van der Waals surface area contributed by atoms with Gasteiger partial charge in [0, 0.05) is 12.1 Å². The highest BCUT2D eigenvalue weighted by atomic mass is 19.4. The van der Waals surface area contributed by atoms with E-state index in [0.717, 1.165) is 17.5 Å². The number of benzene rings is 1. The molecule has 6 N–H and O–H groups in total. The molecule has 2 aliphatic rings. The van der Waals surface area contributed by atoms with Crippen molar-refractivity contribution in [3.8, 4) is 5.69 Å². The molecule has 0 aliphatic heterocycles. The van der Waals surface area contributed by atoms with E-state index in [1.54, 1.807) is 0 Å². The number of esters is 1. The lowest BCUT2D eigenvalue weighted by Gasteiger charge is -2.29. The molecule has 12 heteroatoms. The molecule has 36 heavy (non-hydrogen) atoms. The zero-order valence-corrected chi connectivity index (χ0v) is 20.2. The summed E-state index contributed by atoms with van der Waals surface area (Å²) in [5, 5.41) is 3.66. The third-order valence-corrected chi connectivity index (χ3v) is 6.13. The number of ether oxygens (including phenoxy) is 1. The fourth-order valence-corrected chi connectivity index (χ4v) is 4.51. The summed E-state index contributed by atoms with van der Waals surface area (Å²) in [6.07, 6.45) is 0.0656. The Bertz CT molecular complexity index is 1170. The van der Waals surface area contributed by atoms with Gasteiger partial charge < -0.3 is 21.9 Å². The summed E-state index contributed by atoms with van der Waals surface area (Å²) >= 11 is 0. The summed E-state index contributed by atoms with van der Waals surface area (Å²) in [6, 6.07) is 4.04. The molecule has 1 saturated carbocycles. The minimum atomic E-state index is -4.76. The highest BCUT2D eigenvalue weighted by molar-refractivity contribution is 6.00. The van der Waals surface area contributed by atoms with Crippen LogP contribution in [0.2, 0.25) is 0 Å². The number of rotatable bonds is 4. The van der Waals surface area contributed by atoms with Crippen LogP contribution in [0.5, 0.6) is 0 Å². The lowest BCUT2D eigenvalue weighted by Crippen LogP contribution is -2.29. The average Bonchev–Trinajstić information content (AvgIpc) is 3.40. The summed E-state index contributed by atoms with van der Waals surface area (Å²) in [7, 11) is 0. The van der Waals surface area contributed by atoms with Crippen LogP contribution in [-0.4, -0.2) is 40.1 Å². The number of carbonyl (C=O) groups is 3. The van der Waals surface area contributed by atoms with Gasteiger partial charge in [-0.25, -0.2) is 4.68 Å². The number of amides is 1. The molecule has 1 aromatic carbocycles. The van der Waals surface area contributed by atoms with E-state index >= 15 is 0 Å². The number of nitrogens with two attached hydrogens (primary N) is 3. The van der Waals surface area contributed by atoms with E-state index in [4.69, 9.17) is 21.9 Å². The topological polar surface area (TPSA) is 156 Å². The zero-order valence-electron chi connectivity index (χ0n) is 20.2. The van der Waals surface area contributed by atoms with Gasteiger partial charge in [-0.15, -0.1) is 0 Å². The van der Waals surface area contributed by atoms with Gasteiger partial charge in [-0.1, -0.05) is 13.8 Å². The maximum Gasteiger partial charge on any atom is 0.435 e. The molecule has 0 radical (unpaired) electrons. The Labute approximate surface area is 206 Å². The first kappa shape index (κ1) is 27.2. The number of carbonyl (C=O) groups excluding carboxylic acids is 3. The second-order valence-electron chi connectivity index (χ2n) is 9.76. The summed E-state index contributed by atoms with van der Waals surface area (Å²) in [4.78, 5) is 34.3. The van der Waals surface area contributed by atoms with Gasteiger partial charge in [0.1, 0.15) is 6.10 Å². The molecule has 2 aromatic rings. The maximum absolute atomic E-state index is 13.4. The number of hydrogen-bond acceptors (Lipinski definition) is 7. The van der Waals surface area contributed by atoms with E-state index in [2.05, 4.69) is 5.10 Å². The Morgan fingerprint density at radius 3 is 2.36 bits per heavy atom. The van der Waals surface area contributed by atoms with Crippen LogP contribution in [0.1, 0.15) is 78.1 Å². The first-order chi connectivity index (χ1) is 16.7. The van der Waals surface area contributed by atoms with Gasteiger partial charge in [0.25, 0.3) is 5.91 Å². The van der Waals surface area contributed by atoms with E-state index in [0.29, 0.717) is 0 Å². The minimum Gasteiger partial charge on any atom is -0.461 e. The molecule has 0 spiro atoms. The Morgan fingerprint density at radius 1 is 1.19 bits per heavy atom. The minimum absolute atomic E-state index is 0.0104. The van der Waals surface area contributed by atoms with Gasteiger partial charge >= 0.3 is 12.1 Å². The number of hydrogen-bond donors (Lipinski definition) is 3. The number of nitrogen functional groups attached to an aromatic ring is 1. The molecule has 1 aromatic heterocycles. The molecular weight excluding hydrogens is 479 g/mol. The largest absolute Gasteiger partial charge is 0.461 e. The van der Waals surface area contributed by atoms with Crippen molar-refractivity contribution in [1.29, 1.82) is 0 Å². The number of Topliss-reactive ketones (excluding diaryl/α,β-unsaturated/α-hetero) is 1. The third kappa shape index (κ3) is 6.04. The number of nitrogens with zero attached hydrogens (tertiary/aromatic N) is 2. The first-order valence-electron chi connectivity index (χ1n) is 11.5. The molecule has 2 aliphatic carbocycles. The number of ketones is 1. The second kappa shape index (κ2) is 10.3. The predicted octanol–water partition coefficient (Wildman–Crippen LogP) is 3.16. The molecule has 1 amide bonds. The molecule has 1 heterocycles. The van der Waals surface area contributed by atoms with Crippen molar-refractivity contribution >= 4 is 23.3 Å². The molecular formula is C24H30F3N5O4. The van der Waals surface area contributed by atoms with Gasteiger partial charge in [0.15, 0.2) is 11.5 Å². The average molecular weight is 510 g/mol. The van der Waals surface area contributed by atoms with Gasteiger partial charge in [-0.3, -0.25) is 14.4 Å².